The van der Waals surface area contributed by atoms with Gasteiger partial charge < -0.3 is 9.84 Å². The molecule has 0 fully saturated rings. The fourth-order valence-corrected chi connectivity index (χ4v) is 1.17. The van der Waals surface area contributed by atoms with Gasteiger partial charge in [0.25, 0.3) is 0 Å². The van der Waals surface area contributed by atoms with E-state index in [0.29, 0.717) is 6.07 Å². The first kappa shape index (κ1) is 11.9. The highest BCUT2D eigenvalue weighted by molar-refractivity contribution is 5.86. The van der Waals surface area contributed by atoms with Gasteiger partial charge in [-0.15, -0.1) is 0 Å². The van der Waals surface area contributed by atoms with Crippen molar-refractivity contribution in [3.8, 4) is 11.8 Å². The molecular weight excluding hydrogens is 246 g/mol. The summed E-state index contributed by atoms with van der Waals surface area (Å²) in [5, 5.41) is 8.62. The second-order valence-electron chi connectivity index (χ2n) is 3.27. The van der Waals surface area contributed by atoms with Crippen molar-refractivity contribution in [2.45, 2.75) is 0 Å². The van der Waals surface area contributed by atoms with E-state index in [0.717, 1.165) is 24.5 Å². The Hall–Kier alpha value is -2.57. The Morgan fingerprint density at radius 3 is 2.17 bits per heavy atom. The van der Waals surface area contributed by atoms with Crippen molar-refractivity contribution in [3.63, 3.8) is 0 Å². The molecule has 1 heterocycles. The minimum atomic E-state index is -1.18. The highest BCUT2D eigenvalue weighted by Crippen LogP contribution is 2.20. The quantitative estimate of drug-likeness (QED) is 0.906. The van der Waals surface area contributed by atoms with Crippen molar-refractivity contribution >= 4 is 5.97 Å². The molecule has 0 saturated carbocycles. The van der Waals surface area contributed by atoms with Gasteiger partial charge in [0.1, 0.15) is 17.4 Å². The first-order valence-electron chi connectivity index (χ1n) is 4.74. The highest BCUT2D eigenvalue weighted by Gasteiger charge is 2.07. The number of hydrogen-bond acceptors (Lipinski definition) is 4. The molecule has 0 aliphatic carbocycles. The van der Waals surface area contributed by atoms with Gasteiger partial charge in [-0.1, -0.05) is 0 Å². The van der Waals surface area contributed by atoms with Crippen LogP contribution in [0.5, 0.6) is 11.8 Å². The van der Waals surface area contributed by atoms with Crippen LogP contribution < -0.4 is 4.74 Å². The van der Waals surface area contributed by atoms with E-state index >= 15 is 0 Å². The minimum absolute atomic E-state index is 0.115. The minimum Gasteiger partial charge on any atom is -0.478 e. The molecule has 0 unspecified atom stereocenters. The zero-order valence-corrected chi connectivity index (χ0v) is 8.80. The number of ether oxygens (including phenoxy) is 1. The molecule has 2 rings (SSSR count). The number of benzene rings is 1. The maximum absolute atomic E-state index is 12.9. The third-order valence-electron chi connectivity index (χ3n) is 1.92. The molecule has 1 aromatic heterocycles. The molecule has 0 radical (unpaired) electrons. The molecule has 0 amide bonds. The van der Waals surface area contributed by atoms with E-state index in [1.165, 1.54) is 0 Å². The number of aromatic nitrogens is 2. The van der Waals surface area contributed by atoms with Crippen molar-refractivity contribution in [2.24, 2.45) is 0 Å². The van der Waals surface area contributed by atoms with E-state index in [2.05, 4.69) is 9.97 Å². The van der Waals surface area contributed by atoms with Gasteiger partial charge in [0.05, 0.1) is 5.56 Å². The van der Waals surface area contributed by atoms with Crippen LogP contribution in [-0.2, 0) is 0 Å². The van der Waals surface area contributed by atoms with Gasteiger partial charge in [-0.3, -0.25) is 0 Å². The predicted molar refractivity (Wildman–Crippen MR) is 55.4 cm³/mol. The number of hydrogen-bond donors (Lipinski definition) is 1. The molecule has 7 heteroatoms. The normalized spacial score (nSPS) is 10.1. The van der Waals surface area contributed by atoms with E-state index in [1.54, 1.807) is 0 Å². The lowest BCUT2D eigenvalue weighted by molar-refractivity contribution is 0.0696. The Labute approximate surface area is 99.7 Å². The summed E-state index contributed by atoms with van der Waals surface area (Å²) in [6.45, 7) is 0. The summed E-state index contributed by atoms with van der Waals surface area (Å²) >= 11 is 0. The highest BCUT2D eigenvalue weighted by atomic mass is 19.1. The van der Waals surface area contributed by atoms with Crippen LogP contribution in [0.25, 0.3) is 0 Å². The molecule has 18 heavy (non-hydrogen) atoms. The van der Waals surface area contributed by atoms with Crippen LogP contribution in [-0.4, -0.2) is 21.0 Å². The van der Waals surface area contributed by atoms with Gasteiger partial charge in [-0.05, 0) is 0 Å². The second kappa shape index (κ2) is 4.74. The Kier molecular flexibility index (Phi) is 3.13. The Balaban J connectivity index is 2.20. The monoisotopic (exact) mass is 252 g/mol. The molecule has 0 aliphatic heterocycles. The van der Waals surface area contributed by atoms with Gasteiger partial charge in [0, 0.05) is 30.6 Å². The Bertz CT molecular complexity index is 567. The number of carboxylic acids is 1. The summed E-state index contributed by atoms with van der Waals surface area (Å²) in [6.07, 6.45) is 2.06. The van der Waals surface area contributed by atoms with Gasteiger partial charge >= 0.3 is 12.0 Å². The summed E-state index contributed by atoms with van der Waals surface area (Å²) in [5.41, 5.74) is -0.118. The predicted octanol–water partition coefficient (Wildman–Crippen LogP) is 2.25. The maximum atomic E-state index is 12.9. The average molecular weight is 252 g/mol. The van der Waals surface area contributed by atoms with Crippen LogP contribution >= 0.6 is 0 Å². The van der Waals surface area contributed by atoms with E-state index in [-0.39, 0.29) is 17.3 Å². The van der Waals surface area contributed by atoms with Gasteiger partial charge in [-0.2, -0.15) is 0 Å². The van der Waals surface area contributed by atoms with Crippen molar-refractivity contribution in [1.82, 2.24) is 9.97 Å². The lowest BCUT2D eigenvalue weighted by atomic mass is 10.3. The van der Waals surface area contributed by atoms with Crippen molar-refractivity contribution in [3.05, 3.63) is 47.8 Å². The smallest absolute Gasteiger partial charge is 0.338 e. The summed E-state index contributed by atoms with van der Waals surface area (Å²) in [6, 6.07) is 2.40. The topological polar surface area (TPSA) is 72.3 Å². The van der Waals surface area contributed by atoms with Crippen LogP contribution in [0.3, 0.4) is 0 Å². The average Bonchev–Trinajstić information content (AvgIpc) is 2.28. The number of aromatic carboxylic acids is 1. The summed E-state index contributed by atoms with van der Waals surface area (Å²) in [7, 11) is 0. The molecule has 1 N–H and O–H groups in total. The molecule has 92 valence electrons. The van der Waals surface area contributed by atoms with Crippen LogP contribution in [0.2, 0.25) is 0 Å². The molecule has 0 spiro atoms. The summed E-state index contributed by atoms with van der Waals surface area (Å²) in [4.78, 5) is 17.7. The molecular formula is C11H6F2N2O3. The molecule has 0 saturated heterocycles. The second-order valence-corrected chi connectivity index (χ2v) is 3.27. The number of halogens is 2. The van der Waals surface area contributed by atoms with Crippen molar-refractivity contribution in [1.29, 1.82) is 0 Å². The number of carbonyl (C=O) groups is 1. The Morgan fingerprint density at radius 1 is 1.11 bits per heavy atom. The third kappa shape index (κ3) is 2.76. The van der Waals surface area contributed by atoms with Gasteiger partial charge in [-0.25, -0.2) is 23.5 Å². The standard InChI is InChI=1S/C11H6F2N2O3/c12-7-1-8(13)3-9(2-7)18-11-14-4-6(5-15-11)10(16)17/h1-5H,(H,16,17). The largest absolute Gasteiger partial charge is 0.478 e. The summed E-state index contributed by atoms with van der Waals surface area (Å²) < 4.78 is 30.7. The number of rotatable bonds is 3. The van der Waals surface area contributed by atoms with E-state index in [9.17, 15) is 13.6 Å². The maximum Gasteiger partial charge on any atom is 0.338 e. The fourth-order valence-electron chi connectivity index (χ4n) is 1.17. The Morgan fingerprint density at radius 2 is 1.67 bits per heavy atom. The van der Waals surface area contributed by atoms with Crippen molar-refractivity contribution < 1.29 is 23.4 Å². The van der Waals surface area contributed by atoms with Crippen LogP contribution in [0.1, 0.15) is 10.4 Å². The first-order chi connectivity index (χ1) is 8.54. The first-order valence-corrected chi connectivity index (χ1v) is 4.74. The van der Waals surface area contributed by atoms with Gasteiger partial charge in [0.2, 0.25) is 0 Å². The molecule has 0 atom stereocenters. The zero-order chi connectivity index (χ0) is 13.1. The van der Waals surface area contributed by atoms with Crippen LogP contribution in [0.15, 0.2) is 30.6 Å². The third-order valence-corrected chi connectivity index (χ3v) is 1.92. The molecule has 0 aliphatic rings. The number of nitrogens with zero attached hydrogens (tertiary/aromatic N) is 2. The van der Waals surface area contributed by atoms with Crippen LogP contribution in [0.4, 0.5) is 8.78 Å². The molecule has 2 aromatic rings. The van der Waals surface area contributed by atoms with E-state index in [4.69, 9.17) is 9.84 Å². The number of carboxylic acid groups (broad SMARTS) is 1. The fraction of sp³-hybridized carbons (Fsp3) is 0. The summed E-state index contributed by atoms with van der Waals surface area (Å²) in [5.74, 6) is -2.90. The molecule has 1 aromatic carbocycles. The van der Waals surface area contributed by atoms with E-state index in [1.807, 2.05) is 0 Å². The lowest BCUT2D eigenvalue weighted by Gasteiger charge is -2.03. The molecule has 0 bridgehead atoms. The van der Waals surface area contributed by atoms with Crippen molar-refractivity contribution in [2.75, 3.05) is 0 Å². The van der Waals surface area contributed by atoms with E-state index < -0.39 is 17.6 Å². The SMILES string of the molecule is O=C(O)c1cnc(Oc2cc(F)cc(F)c2)nc1. The van der Waals surface area contributed by atoms with Crippen LogP contribution in [0, 0.1) is 11.6 Å². The zero-order valence-electron chi connectivity index (χ0n) is 8.80. The van der Waals surface area contributed by atoms with Gasteiger partial charge in [0.15, 0.2) is 0 Å². The lowest BCUT2D eigenvalue weighted by Crippen LogP contribution is -2.00. The molecule has 5 nitrogen and oxygen atoms in total.